The van der Waals surface area contributed by atoms with Gasteiger partial charge in [0.25, 0.3) is 0 Å². The second-order valence-electron chi connectivity index (χ2n) is 3.39. The smallest absolute Gasteiger partial charge is 0.133 e. The first-order valence-electron chi connectivity index (χ1n) is 4.92. The zero-order valence-electron chi connectivity index (χ0n) is 8.57. The predicted molar refractivity (Wildman–Crippen MR) is 54.8 cm³/mol. The van der Waals surface area contributed by atoms with Crippen molar-refractivity contribution in [2.24, 2.45) is 12.8 Å². The highest BCUT2D eigenvalue weighted by atomic mass is 16.1. The molecule has 0 bridgehead atoms. The molecule has 0 unspecified atom stereocenters. The van der Waals surface area contributed by atoms with E-state index in [1.807, 2.05) is 17.8 Å². The quantitative estimate of drug-likeness (QED) is 0.725. The monoisotopic (exact) mass is 195 g/mol. The Morgan fingerprint density at radius 2 is 2.36 bits per heavy atom. The second-order valence-corrected chi connectivity index (χ2v) is 3.39. The van der Waals surface area contributed by atoms with Gasteiger partial charge in [-0.3, -0.25) is 4.79 Å². The molecule has 0 spiro atoms. The molecule has 1 rings (SSSR count). The Morgan fingerprint density at radius 1 is 1.57 bits per heavy atom. The van der Waals surface area contributed by atoms with Crippen molar-refractivity contribution >= 4 is 5.78 Å². The van der Waals surface area contributed by atoms with Crippen molar-refractivity contribution in [2.45, 2.75) is 25.7 Å². The molecule has 1 aromatic rings. The van der Waals surface area contributed by atoms with E-state index in [1.54, 1.807) is 6.20 Å². The number of nitrogens with zero attached hydrogens (tertiary/aromatic N) is 2. The molecule has 14 heavy (non-hydrogen) atoms. The van der Waals surface area contributed by atoms with Gasteiger partial charge in [-0.05, 0) is 13.0 Å². The summed E-state index contributed by atoms with van der Waals surface area (Å²) in [7, 11) is 1.94. The Morgan fingerprint density at radius 3 is 2.93 bits per heavy atom. The number of hydrogen-bond donors (Lipinski definition) is 1. The topological polar surface area (TPSA) is 60.9 Å². The van der Waals surface area contributed by atoms with Gasteiger partial charge in [-0.2, -0.15) is 0 Å². The van der Waals surface area contributed by atoms with E-state index in [0.717, 1.165) is 18.7 Å². The number of imidazole rings is 1. The van der Waals surface area contributed by atoms with Crippen LogP contribution in [0.25, 0.3) is 0 Å². The van der Waals surface area contributed by atoms with Crippen molar-refractivity contribution in [3.63, 3.8) is 0 Å². The van der Waals surface area contributed by atoms with Crippen molar-refractivity contribution in [1.29, 1.82) is 0 Å². The molecule has 0 atom stereocenters. The Kier molecular flexibility index (Phi) is 4.32. The van der Waals surface area contributed by atoms with Gasteiger partial charge in [0.05, 0.1) is 0 Å². The van der Waals surface area contributed by atoms with E-state index >= 15 is 0 Å². The molecule has 0 aromatic carbocycles. The molecular formula is C10H17N3O. The lowest BCUT2D eigenvalue weighted by molar-refractivity contribution is -0.119. The minimum absolute atomic E-state index is 0.276. The first kappa shape index (κ1) is 10.9. The Balaban J connectivity index is 2.27. The van der Waals surface area contributed by atoms with Gasteiger partial charge in [0.15, 0.2) is 0 Å². The SMILES string of the molecule is Cn1ccnc1CCC(=O)CCCN. The molecule has 0 saturated heterocycles. The summed E-state index contributed by atoms with van der Waals surface area (Å²) < 4.78 is 1.94. The maximum Gasteiger partial charge on any atom is 0.133 e. The van der Waals surface area contributed by atoms with Crippen LogP contribution >= 0.6 is 0 Å². The maximum atomic E-state index is 11.3. The average Bonchev–Trinajstić information content (AvgIpc) is 2.58. The number of ketones is 1. The predicted octanol–water partition coefficient (Wildman–Crippen LogP) is 0.661. The zero-order valence-corrected chi connectivity index (χ0v) is 8.57. The second kappa shape index (κ2) is 5.54. The van der Waals surface area contributed by atoms with E-state index in [2.05, 4.69) is 4.98 Å². The Hall–Kier alpha value is -1.16. The molecule has 0 radical (unpaired) electrons. The van der Waals surface area contributed by atoms with Crippen LogP contribution in [0.15, 0.2) is 12.4 Å². The van der Waals surface area contributed by atoms with Gasteiger partial charge in [0.1, 0.15) is 11.6 Å². The number of aryl methyl sites for hydroxylation is 2. The fourth-order valence-electron chi connectivity index (χ4n) is 1.31. The number of nitrogens with two attached hydrogens (primary N) is 1. The van der Waals surface area contributed by atoms with Crippen molar-refractivity contribution in [3.8, 4) is 0 Å². The molecule has 4 nitrogen and oxygen atoms in total. The molecule has 4 heteroatoms. The first-order chi connectivity index (χ1) is 6.74. The highest BCUT2D eigenvalue weighted by molar-refractivity contribution is 5.78. The largest absolute Gasteiger partial charge is 0.338 e. The maximum absolute atomic E-state index is 11.3. The number of hydrogen-bond acceptors (Lipinski definition) is 3. The molecule has 0 amide bonds. The van der Waals surface area contributed by atoms with Crippen LogP contribution in [-0.4, -0.2) is 21.9 Å². The van der Waals surface area contributed by atoms with Gasteiger partial charge in [0.2, 0.25) is 0 Å². The van der Waals surface area contributed by atoms with Crippen LogP contribution in [-0.2, 0) is 18.3 Å². The van der Waals surface area contributed by atoms with E-state index in [9.17, 15) is 4.79 Å². The molecule has 0 aliphatic heterocycles. The number of rotatable bonds is 6. The number of Topliss-reactive ketones (excluding diaryl/α,β-unsaturated/α-hetero) is 1. The summed E-state index contributed by atoms with van der Waals surface area (Å²) >= 11 is 0. The lowest BCUT2D eigenvalue weighted by atomic mass is 10.1. The van der Waals surface area contributed by atoms with Crippen LogP contribution in [0, 0.1) is 0 Å². The van der Waals surface area contributed by atoms with Crippen molar-refractivity contribution < 1.29 is 4.79 Å². The summed E-state index contributed by atoms with van der Waals surface area (Å²) in [4.78, 5) is 15.5. The molecule has 1 heterocycles. The fourth-order valence-corrected chi connectivity index (χ4v) is 1.31. The third-order valence-electron chi connectivity index (χ3n) is 2.21. The average molecular weight is 195 g/mol. The highest BCUT2D eigenvalue weighted by Crippen LogP contribution is 2.02. The van der Waals surface area contributed by atoms with Crippen molar-refractivity contribution in [3.05, 3.63) is 18.2 Å². The van der Waals surface area contributed by atoms with Gasteiger partial charge in [-0.25, -0.2) is 4.98 Å². The standard InChI is InChI=1S/C10H17N3O/c1-13-8-7-12-10(13)5-4-9(14)3-2-6-11/h7-8H,2-6,11H2,1H3. The number of carbonyl (C=O) groups is 1. The molecule has 0 aliphatic rings. The van der Waals surface area contributed by atoms with Crippen LogP contribution in [0.4, 0.5) is 0 Å². The van der Waals surface area contributed by atoms with Crippen LogP contribution in [0.1, 0.15) is 25.1 Å². The fraction of sp³-hybridized carbons (Fsp3) is 0.600. The van der Waals surface area contributed by atoms with Gasteiger partial charge in [-0.15, -0.1) is 0 Å². The first-order valence-corrected chi connectivity index (χ1v) is 4.92. The highest BCUT2D eigenvalue weighted by Gasteiger charge is 2.04. The molecule has 2 N–H and O–H groups in total. The Bertz CT molecular complexity index is 293. The van der Waals surface area contributed by atoms with Crippen LogP contribution in [0.5, 0.6) is 0 Å². The van der Waals surface area contributed by atoms with Gasteiger partial charge in [-0.1, -0.05) is 0 Å². The Labute approximate surface area is 84.1 Å². The lowest BCUT2D eigenvalue weighted by Crippen LogP contribution is -2.07. The van der Waals surface area contributed by atoms with Gasteiger partial charge in [0, 0.05) is 38.7 Å². The van der Waals surface area contributed by atoms with Crippen LogP contribution in [0.2, 0.25) is 0 Å². The molecule has 0 aliphatic carbocycles. The zero-order chi connectivity index (χ0) is 10.4. The van der Waals surface area contributed by atoms with Gasteiger partial charge >= 0.3 is 0 Å². The normalized spacial score (nSPS) is 10.4. The summed E-state index contributed by atoms with van der Waals surface area (Å²) in [5.41, 5.74) is 5.32. The third-order valence-corrected chi connectivity index (χ3v) is 2.21. The third kappa shape index (κ3) is 3.30. The molecular weight excluding hydrogens is 178 g/mol. The van der Waals surface area contributed by atoms with Crippen LogP contribution < -0.4 is 5.73 Å². The molecule has 0 fully saturated rings. The van der Waals surface area contributed by atoms with E-state index in [-0.39, 0.29) is 5.78 Å². The summed E-state index contributed by atoms with van der Waals surface area (Å²) in [6, 6.07) is 0. The molecule has 78 valence electrons. The van der Waals surface area contributed by atoms with Crippen molar-refractivity contribution in [2.75, 3.05) is 6.54 Å². The lowest BCUT2D eigenvalue weighted by Gasteiger charge is -2.00. The summed E-state index contributed by atoms with van der Waals surface area (Å²) in [6.07, 6.45) is 6.33. The summed E-state index contributed by atoms with van der Waals surface area (Å²) in [6.45, 7) is 0.591. The number of carbonyl (C=O) groups excluding carboxylic acids is 1. The van der Waals surface area contributed by atoms with Crippen LogP contribution in [0.3, 0.4) is 0 Å². The van der Waals surface area contributed by atoms with Crippen molar-refractivity contribution in [1.82, 2.24) is 9.55 Å². The van der Waals surface area contributed by atoms with E-state index in [0.29, 0.717) is 19.4 Å². The minimum Gasteiger partial charge on any atom is -0.338 e. The molecule has 1 aromatic heterocycles. The number of aromatic nitrogens is 2. The van der Waals surface area contributed by atoms with Gasteiger partial charge < -0.3 is 10.3 Å². The minimum atomic E-state index is 0.276. The molecule has 0 saturated carbocycles. The van der Waals surface area contributed by atoms with E-state index < -0.39 is 0 Å². The van der Waals surface area contributed by atoms with E-state index in [4.69, 9.17) is 5.73 Å². The van der Waals surface area contributed by atoms with E-state index in [1.165, 1.54) is 0 Å². The summed E-state index contributed by atoms with van der Waals surface area (Å²) in [5.74, 6) is 1.24. The summed E-state index contributed by atoms with van der Waals surface area (Å²) in [5, 5.41) is 0.